The summed E-state index contributed by atoms with van der Waals surface area (Å²) in [4.78, 5) is 12.0. The van der Waals surface area contributed by atoms with Crippen LogP contribution in [0.5, 0.6) is 5.75 Å². The molecule has 1 fully saturated rings. The maximum absolute atomic E-state index is 12.0. The molecule has 0 bridgehead atoms. The molecule has 9 heteroatoms. The van der Waals surface area contributed by atoms with Crippen molar-refractivity contribution in [1.29, 1.82) is 0 Å². The number of carbonyl (C=O) groups excluding carboxylic acids is 1. The minimum absolute atomic E-state index is 0.0376. The molecule has 1 aromatic heterocycles. The minimum Gasteiger partial charge on any atom is -0.484 e. The summed E-state index contributed by atoms with van der Waals surface area (Å²) in [6.45, 7) is 0.222. The van der Waals surface area contributed by atoms with Crippen LogP contribution in [0.3, 0.4) is 0 Å². The number of carbonyl (C=O) groups is 1. The van der Waals surface area contributed by atoms with Gasteiger partial charge in [0.05, 0.1) is 10.8 Å². The zero-order valence-electron chi connectivity index (χ0n) is 14.4. The summed E-state index contributed by atoms with van der Waals surface area (Å²) in [5.41, 5.74) is 0. The predicted molar refractivity (Wildman–Crippen MR) is 103 cm³/mol. The number of hydrogen-bond acceptors (Lipinski definition) is 5. The average molecular weight is 415 g/mol. The summed E-state index contributed by atoms with van der Waals surface area (Å²) >= 11 is 13.3. The highest BCUT2D eigenvalue weighted by molar-refractivity contribution is 7.99. The molecule has 0 saturated heterocycles. The van der Waals surface area contributed by atoms with Crippen LogP contribution in [0.25, 0.3) is 0 Å². The van der Waals surface area contributed by atoms with Gasteiger partial charge in [0.1, 0.15) is 12.4 Å². The minimum atomic E-state index is 0.0376. The lowest BCUT2D eigenvalue weighted by Gasteiger charge is -2.11. The maximum Gasteiger partial charge on any atom is 0.230 e. The van der Waals surface area contributed by atoms with E-state index >= 15 is 0 Å². The third-order valence-corrected chi connectivity index (χ3v) is 5.78. The van der Waals surface area contributed by atoms with Gasteiger partial charge in [-0.05, 0) is 31.0 Å². The summed E-state index contributed by atoms with van der Waals surface area (Å²) in [6, 6.07) is 5.38. The van der Waals surface area contributed by atoms with E-state index in [2.05, 4.69) is 15.5 Å². The Morgan fingerprint density at radius 2 is 2.12 bits per heavy atom. The highest BCUT2D eigenvalue weighted by Gasteiger charge is 2.18. The molecule has 26 heavy (non-hydrogen) atoms. The lowest BCUT2D eigenvalue weighted by Crippen LogP contribution is -2.33. The summed E-state index contributed by atoms with van der Waals surface area (Å²) in [5, 5.41) is 13.0. The third-order valence-electron chi connectivity index (χ3n) is 4.23. The molecule has 1 aliphatic carbocycles. The van der Waals surface area contributed by atoms with Gasteiger partial charge in [-0.25, -0.2) is 0 Å². The number of ether oxygens (including phenoxy) is 1. The first-order valence-electron chi connectivity index (χ1n) is 8.41. The molecule has 1 N–H and O–H groups in total. The van der Waals surface area contributed by atoms with E-state index in [1.807, 2.05) is 11.6 Å². The quantitative estimate of drug-likeness (QED) is 0.696. The van der Waals surface area contributed by atoms with E-state index in [0.29, 0.717) is 38.6 Å². The van der Waals surface area contributed by atoms with Gasteiger partial charge in [-0.3, -0.25) is 4.79 Å². The number of nitrogens with one attached hydrogen (secondary N) is 1. The summed E-state index contributed by atoms with van der Waals surface area (Å²) in [5.74, 6) is 1.54. The van der Waals surface area contributed by atoms with Crippen molar-refractivity contribution in [2.45, 2.75) is 43.5 Å². The smallest absolute Gasteiger partial charge is 0.230 e. The molecule has 140 valence electrons. The molecule has 3 rings (SSSR count). The molecule has 2 aromatic rings. The SMILES string of the molecule is Cn1c(COc2ccc(Cl)cc2Cl)nnc1SCC(=O)NC1CCCC1. The Hall–Kier alpha value is -1.44. The normalized spacial score (nSPS) is 14.6. The van der Waals surface area contributed by atoms with Crippen LogP contribution in [0.4, 0.5) is 0 Å². The summed E-state index contributed by atoms with van der Waals surface area (Å²) in [7, 11) is 1.85. The second kappa shape index (κ2) is 8.97. The zero-order valence-corrected chi connectivity index (χ0v) is 16.7. The molecule has 0 atom stereocenters. The van der Waals surface area contributed by atoms with Gasteiger partial charge in [-0.15, -0.1) is 10.2 Å². The fraction of sp³-hybridized carbons (Fsp3) is 0.471. The number of rotatable bonds is 7. The van der Waals surface area contributed by atoms with Crippen LogP contribution in [0, 0.1) is 0 Å². The van der Waals surface area contributed by atoms with E-state index in [1.165, 1.54) is 24.6 Å². The van der Waals surface area contributed by atoms with Crippen molar-refractivity contribution >= 4 is 40.9 Å². The number of aromatic nitrogens is 3. The molecule has 1 saturated carbocycles. The van der Waals surface area contributed by atoms with Gasteiger partial charge in [-0.2, -0.15) is 0 Å². The van der Waals surface area contributed by atoms with Gasteiger partial charge in [0.2, 0.25) is 5.91 Å². The van der Waals surface area contributed by atoms with Crippen molar-refractivity contribution in [3.63, 3.8) is 0 Å². The molecule has 0 radical (unpaired) electrons. The Morgan fingerprint density at radius 3 is 2.85 bits per heavy atom. The summed E-state index contributed by atoms with van der Waals surface area (Å²) < 4.78 is 7.50. The lowest BCUT2D eigenvalue weighted by molar-refractivity contribution is -0.119. The molecule has 6 nitrogen and oxygen atoms in total. The van der Waals surface area contributed by atoms with Gasteiger partial charge in [0.15, 0.2) is 11.0 Å². The Balaban J connectivity index is 1.51. The molecule has 0 unspecified atom stereocenters. The van der Waals surface area contributed by atoms with Crippen molar-refractivity contribution in [3.05, 3.63) is 34.1 Å². The van der Waals surface area contributed by atoms with Gasteiger partial charge < -0.3 is 14.6 Å². The van der Waals surface area contributed by atoms with Crippen molar-refractivity contribution in [2.75, 3.05) is 5.75 Å². The molecule has 1 heterocycles. The largest absolute Gasteiger partial charge is 0.484 e. The standard InChI is InChI=1S/C17H20Cl2N4O2S/c1-23-15(9-25-14-7-6-11(18)8-13(14)19)21-22-17(23)26-10-16(24)20-12-4-2-3-5-12/h6-8,12H,2-5,9-10H2,1H3,(H,20,24). The third kappa shape index (κ3) is 5.05. The van der Waals surface area contributed by atoms with Gasteiger partial charge in [0, 0.05) is 18.1 Å². The van der Waals surface area contributed by atoms with Crippen molar-refractivity contribution in [1.82, 2.24) is 20.1 Å². The van der Waals surface area contributed by atoms with Crippen molar-refractivity contribution in [3.8, 4) is 5.75 Å². The van der Waals surface area contributed by atoms with E-state index in [4.69, 9.17) is 27.9 Å². The van der Waals surface area contributed by atoms with E-state index < -0.39 is 0 Å². The predicted octanol–water partition coefficient (Wildman–Crippen LogP) is 3.85. The Morgan fingerprint density at radius 1 is 1.35 bits per heavy atom. The number of halogens is 2. The monoisotopic (exact) mass is 414 g/mol. The van der Waals surface area contributed by atoms with Crippen LogP contribution in [-0.2, 0) is 18.4 Å². The number of nitrogens with zero attached hydrogens (tertiary/aromatic N) is 3. The number of thioether (sulfide) groups is 1. The molecule has 0 aliphatic heterocycles. The van der Waals surface area contributed by atoms with Gasteiger partial charge >= 0.3 is 0 Å². The lowest BCUT2D eigenvalue weighted by atomic mass is 10.2. The summed E-state index contributed by atoms with van der Waals surface area (Å²) in [6.07, 6.45) is 4.55. The Kier molecular flexibility index (Phi) is 6.67. The van der Waals surface area contributed by atoms with Crippen LogP contribution in [0.15, 0.2) is 23.4 Å². The van der Waals surface area contributed by atoms with Gasteiger partial charge in [-0.1, -0.05) is 47.8 Å². The molecular weight excluding hydrogens is 395 g/mol. The van der Waals surface area contributed by atoms with E-state index in [0.717, 1.165) is 12.8 Å². The molecule has 1 amide bonds. The van der Waals surface area contributed by atoms with Crippen LogP contribution >= 0.6 is 35.0 Å². The molecule has 0 spiro atoms. The van der Waals surface area contributed by atoms with Crippen LogP contribution < -0.4 is 10.1 Å². The maximum atomic E-state index is 12.0. The first-order chi connectivity index (χ1) is 12.5. The van der Waals surface area contributed by atoms with Gasteiger partial charge in [0.25, 0.3) is 0 Å². The highest BCUT2D eigenvalue weighted by atomic mass is 35.5. The first-order valence-corrected chi connectivity index (χ1v) is 10.2. The fourth-order valence-electron chi connectivity index (χ4n) is 2.80. The fourth-order valence-corrected chi connectivity index (χ4v) is 4.00. The van der Waals surface area contributed by atoms with Crippen molar-refractivity contribution < 1.29 is 9.53 Å². The van der Waals surface area contributed by atoms with Crippen LogP contribution in [0.2, 0.25) is 10.0 Å². The topological polar surface area (TPSA) is 69.0 Å². The van der Waals surface area contributed by atoms with E-state index in [-0.39, 0.29) is 12.5 Å². The second-order valence-corrected chi connectivity index (χ2v) is 7.94. The van der Waals surface area contributed by atoms with Crippen molar-refractivity contribution in [2.24, 2.45) is 7.05 Å². The first kappa shape index (κ1) is 19.3. The Bertz CT molecular complexity index is 778. The highest BCUT2D eigenvalue weighted by Crippen LogP contribution is 2.28. The Labute approximate surface area is 166 Å². The number of hydrogen-bond donors (Lipinski definition) is 1. The second-order valence-electron chi connectivity index (χ2n) is 6.16. The van der Waals surface area contributed by atoms with E-state index in [1.54, 1.807) is 18.2 Å². The number of benzene rings is 1. The van der Waals surface area contributed by atoms with Crippen LogP contribution in [0.1, 0.15) is 31.5 Å². The average Bonchev–Trinajstić information content (AvgIpc) is 3.23. The van der Waals surface area contributed by atoms with E-state index in [9.17, 15) is 4.79 Å². The molecule has 1 aliphatic rings. The molecular formula is C17H20Cl2N4O2S. The molecule has 1 aromatic carbocycles. The zero-order chi connectivity index (χ0) is 18.5. The number of amides is 1. The van der Waals surface area contributed by atoms with Crippen LogP contribution in [-0.4, -0.2) is 32.5 Å².